The highest BCUT2D eigenvalue weighted by molar-refractivity contribution is 8.00. The highest BCUT2D eigenvalue weighted by Gasteiger charge is 2.38. The molecule has 1 aliphatic heterocycles. The number of rotatable bonds is 3. The van der Waals surface area contributed by atoms with Gasteiger partial charge in [-0.1, -0.05) is 51.1 Å². The summed E-state index contributed by atoms with van der Waals surface area (Å²) >= 11 is 11.9. The molecule has 1 aliphatic rings. The van der Waals surface area contributed by atoms with Crippen LogP contribution in [-0.4, -0.2) is 26.5 Å². The average Bonchev–Trinajstić information content (AvgIpc) is 2.58. The van der Waals surface area contributed by atoms with Gasteiger partial charge in [0.1, 0.15) is 6.67 Å². The van der Waals surface area contributed by atoms with Gasteiger partial charge in [0.2, 0.25) is 0 Å². The fourth-order valence-corrected chi connectivity index (χ4v) is 2.47. The summed E-state index contributed by atoms with van der Waals surface area (Å²) in [4.78, 5) is 12.9. The van der Waals surface area contributed by atoms with Crippen LogP contribution in [0.25, 0.3) is 0 Å². The van der Waals surface area contributed by atoms with Gasteiger partial charge >= 0.3 is 6.03 Å². The van der Waals surface area contributed by atoms with Crippen molar-refractivity contribution in [1.29, 1.82) is 0 Å². The highest BCUT2D eigenvalue weighted by Crippen LogP contribution is 2.32. The normalized spacial score (nSPS) is 17.3. The summed E-state index contributed by atoms with van der Waals surface area (Å²) in [6.07, 6.45) is 0. The molecule has 0 aromatic heterocycles. The minimum atomic E-state index is -0.836. The number of halogens is 3. The van der Waals surface area contributed by atoms with Crippen molar-refractivity contribution in [2.75, 3.05) is 11.6 Å². The van der Waals surface area contributed by atoms with E-state index in [4.69, 9.17) is 23.2 Å². The fraction of sp³-hybridized carbons (Fsp3) is 0.222. The van der Waals surface area contributed by atoms with E-state index in [0.717, 1.165) is 16.4 Å². The molecule has 2 amide bonds. The third kappa shape index (κ3) is 2.77. The second-order valence-corrected chi connectivity index (χ2v) is 5.88. The molecule has 8 heteroatoms. The molecule has 0 aliphatic carbocycles. The maximum Gasteiger partial charge on any atom is 0.370 e. The first-order chi connectivity index (χ1) is 8.09. The van der Waals surface area contributed by atoms with Crippen LogP contribution in [0.3, 0.4) is 0 Å². The zero-order valence-corrected chi connectivity index (χ0v) is 10.8. The van der Waals surface area contributed by atoms with E-state index in [1.165, 1.54) is 4.90 Å². The molecule has 1 saturated heterocycles. The average molecular weight is 296 g/mol. The number of para-hydroxylation sites is 1. The molecule has 0 unspecified atom stereocenters. The molecular formula is C9H8Cl2FN3OS. The van der Waals surface area contributed by atoms with Gasteiger partial charge in [-0.25, -0.2) is 4.79 Å². The highest BCUT2D eigenvalue weighted by atomic mass is 35.5. The lowest BCUT2D eigenvalue weighted by Gasteiger charge is -2.15. The minimum absolute atomic E-state index is 0.00454. The predicted molar refractivity (Wildman–Crippen MR) is 67.1 cm³/mol. The van der Waals surface area contributed by atoms with Gasteiger partial charge < -0.3 is 0 Å². The van der Waals surface area contributed by atoms with Gasteiger partial charge in [-0.15, -0.1) is 4.41 Å². The third-order valence-corrected chi connectivity index (χ3v) is 3.26. The maximum absolute atomic E-state index is 13.5. The Morgan fingerprint density at radius 1 is 1.29 bits per heavy atom. The van der Waals surface area contributed by atoms with Crippen molar-refractivity contribution in [2.24, 2.45) is 0 Å². The van der Waals surface area contributed by atoms with Crippen LogP contribution in [0.5, 0.6) is 0 Å². The quantitative estimate of drug-likeness (QED) is 0.486. The summed E-state index contributed by atoms with van der Waals surface area (Å²) in [6, 6.07) is 8.03. The lowest BCUT2D eigenvalue weighted by Crippen LogP contribution is -2.28. The van der Waals surface area contributed by atoms with Crippen molar-refractivity contribution < 1.29 is 9.28 Å². The predicted octanol–water partition coefficient (Wildman–Crippen LogP) is 3.40. The first-order valence-corrected chi connectivity index (χ1v) is 6.35. The van der Waals surface area contributed by atoms with E-state index in [0.29, 0.717) is 5.69 Å². The smallest absolute Gasteiger partial charge is 0.275 e. The number of hydrogen-bond acceptors (Lipinski definition) is 3. The van der Waals surface area contributed by atoms with Crippen molar-refractivity contribution >= 4 is 46.9 Å². The molecule has 0 saturated carbocycles. The second kappa shape index (κ2) is 5.30. The number of nitrogens with zero attached hydrogens (tertiary/aromatic N) is 3. The molecule has 0 atom stereocenters. The molecule has 4 nitrogen and oxygen atoms in total. The molecule has 17 heavy (non-hydrogen) atoms. The molecule has 1 fully saturated rings. The Labute approximate surface area is 112 Å². The Hall–Kier alpha value is -0.690. The van der Waals surface area contributed by atoms with Crippen LogP contribution < -0.4 is 4.90 Å². The van der Waals surface area contributed by atoms with Crippen molar-refractivity contribution in [3.63, 3.8) is 0 Å². The van der Waals surface area contributed by atoms with Gasteiger partial charge in [0.25, 0.3) is 0 Å². The van der Waals surface area contributed by atoms with Crippen molar-refractivity contribution in [2.45, 2.75) is 4.17 Å². The minimum Gasteiger partial charge on any atom is -0.275 e. The van der Waals surface area contributed by atoms with Crippen LogP contribution in [0.1, 0.15) is 0 Å². The summed E-state index contributed by atoms with van der Waals surface area (Å²) in [5.74, 6) is 0. The Balaban J connectivity index is 2.14. The Kier molecular flexibility index (Phi) is 3.98. The maximum atomic E-state index is 13.5. The van der Waals surface area contributed by atoms with E-state index < -0.39 is 10.2 Å². The van der Waals surface area contributed by atoms with Crippen LogP contribution in [0.2, 0.25) is 0 Å². The number of carbonyl (C=O) groups is 1. The van der Waals surface area contributed by atoms with Gasteiger partial charge in [0.15, 0.2) is 4.17 Å². The number of carbonyl (C=O) groups excluding carboxylic acids is 1. The Morgan fingerprint density at radius 2 is 1.94 bits per heavy atom. The Bertz CT molecular complexity index is 408. The van der Waals surface area contributed by atoms with E-state index >= 15 is 0 Å². The lowest BCUT2D eigenvalue weighted by atomic mass is 10.3. The van der Waals surface area contributed by atoms with E-state index in [1.54, 1.807) is 24.3 Å². The van der Waals surface area contributed by atoms with E-state index in [9.17, 15) is 9.28 Å². The van der Waals surface area contributed by atoms with E-state index in [1.807, 2.05) is 6.07 Å². The molecule has 0 bridgehead atoms. The van der Waals surface area contributed by atoms with Gasteiger partial charge in [-0.2, -0.15) is 0 Å². The van der Waals surface area contributed by atoms with Crippen LogP contribution >= 0.6 is 35.1 Å². The summed E-state index contributed by atoms with van der Waals surface area (Å²) in [7, 11) is 0. The number of benzene rings is 1. The fourth-order valence-electron chi connectivity index (χ4n) is 1.40. The summed E-state index contributed by atoms with van der Waals surface area (Å²) in [5, 5.41) is -0.00454. The van der Waals surface area contributed by atoms with E-state index in [-0.39, 0.29) is 11.9 Å². The van der Waals surface area contributed by atoms with Gasteiger partial charge in [-0.05, 0) is 24.1 Å². The lowest BCUT2D eigenvalue weighted by molar-refractivity contribution is -0.0290. The zero-order chi connectivity index (χ0) is 12.4. The van der Waals surface area contributed by atoms with Crippen molar-refractivity contribution in [1.82, 2.24) is 9.65 Å². The standard InChI is InChI=1S/C9H8Cl2FN3OS/c10-8(11)17-14-6-13(9(16)15(14)12)7-4-2-1-3-5-7/h1-5,8H,6H2. The van der Waals surface area contributed by atoms with Gasteiger partial charge in [-0.3, -0.25) is 4.90 Å². The van der Waals surface area contributed by atoms with Crippen molar-refractivity contribution in [3.8, 4) is 0 Å². The van der Waals surface area contributed by atoms with Crippen LogP contribution in [-0.2, 0) is 0 Å². The van der Waals surface area contributed by atoms with Gasteiger partial charge in [0.05, 0.1) is 0 Å². The molecule has 1 aromatic rings. The number of amides is 2. The number of anilines is 1. The van der Waals surface area contributed by atoms with Crippen LogP contribution in [0, 0.1) is 0 Å². The number of hydrogen-bond donors (Lipinski definition) is 0. The molecule has 1 aromatic carbocycles. The van der Waals surface area contributed by atoms with Gasteiger partial charge in [0, 0.05) is 5.69 Å². The largest absolute Gasteiger partial charge is 0.370 e. The Morgan fingerprint density at radius 3 is 2.53 bits per heavy atom. The summed E-state index contributed by atoms with van der Waals surface area (Å²) in [5.41, 5.74) is 0.615. The third-order valence-electron chi connectivity index (χ3n) is 2.12. The van der Waals surface area contributed by atoms with Crippen molar-refractivity contribution in [3.05, 3.63) is 30.3 Å². The zero-order valence-electron chi connectivity index (χ0n) is 8.46. The molecule has 0 N–H and O–H groups in total. The first kappa shape index (κ1) is 12.8. The number of hydrazine groups is 1. The SMILES string of the molecule is O=C1N(c2ccccc2)CN(SC(Cl)Cl)N1F. The second-order valence-electron chi connectivity index (χ2n) is 3.17. The summed E-state index contributed by atoms with van der Waals surface area (Å²) < 4.78 is 13.7. The monoisotopic (exact) mass is 295 g/mol. The summed E-state index contributed by atoms with van der Waals surface area (Å²) in [6.45, 7) is 0.0555. The molecular weight excluding hydrogens is 288 g/mol. The number of urea groups is 1. The molecule has 92 valence electrons. The topological polar surface area (TPSA) is 26.8 Å². The van der Waals surface area contributed by atoms with Crippen LogP contribution in [0.4, 0.5) is 15.0 Å². The molecule has 0 radical (unpaired) electrons. The molecule has 2 rings (SSSR count). The number of alkyl halides is 2. The first-order valence-electron chi connectivity index (χ1n) is 4.64. The van der Waals surface area contributed by atoms with E-state index in [2.05, 4.69) is 0 Å². The molecule has 1 heterocycles. The van der Waals surface area contributed by atoms with Crippen LogP contribution in [0.15, 0.2) is 30.3 Å². The molecule has 0 spiro atoms.